The number of pyridine rings is 1. The maximum atomic E-state index is 12.6. The summed E-state index contributed by atoms with van der Waals surface area (Å²) in [6.07, 6.45) is 1.99. The second-order valence-corrected chi connectivity index (χ2v) is 8.06. The Bertz CT molecular complexity index is 1140. The molecule has 0 bridgehead atoms. The molecule has 1 aliphatic heterocycles. The van der Waals surface area contributed by atoms with Crippen LogP contribution in [0.15, 0.2) is 60.7 Å². The number of carbonyl (C=O) groups is 1. The number of anilines is 2. The first-order valence-corrected chi connectivity index (χ1v) is 10.6. The SMILES string of the molecule is C[C@H]1CCCCN1c1ccc2cc(NC(=O)/C=C/c3ccc(C(F)(F)F)cc3)ccc2n1. The number of halogens is 3. The van der Waals surface area contributed by atoms with Crippen LogP contribution in [-0.4, -0.2) is 23.5 Å². The van der Waals surface area contributed by atoms with E-state index in [9.17, 15) is 18.0 Å². The fraction of sp³-hybridized carbons (Fsp3) is 0.280. The topological polar surface area (TPSA) is 45.2 Å². The van der Waals surface area contributed by atoms with Crippen LogP contribution in [0.4, 0.5) is 24.7 Å². The van der Waals surface area contributed by atoms with Crippen LogP contribution in [0, 0.1) is 0 Å². The zero-order valence-electron chi connectivity index (χ0n) is 17.7. The smallest absolute Gasteiger partial charge is 0.354 e. The molecular formula is C25H24F3N3O. The van der Waals surface area contributed by atoms with Crippen LogP contribution in [0.1, 0.15) is 37.3 Å². The highest BCUT2D eigenvalue weighted by Crippen LogP contribution is 2.29. The van der Waals surface area contributed by atoms with Crippen molar-refractivity contribution >= 4 is 34.4 Å². The fourth-order valence-corrected chi connectivity index (χ4v) is 3.93. The van der Waals surface area contributed by atoms with Crippen molar-refractivity contribution < 1.29 is 18.0 Å². The molecule has 2 aromatic carbocycles. The molecule has 7 heteroatoms. The Kier molecular flexibility index (Phi) is 6.17. The van der Waals surface area contributed by atoms with E-state index in [1.165, 1.54) is 43.5 Å². The van der Waals surface area contributed by atoms with Crippen LogP contribution in [0.25, 0.3) is 17.0 Å². The van der Waals surface area contributed by atoms with Gasteiger partial charge in [-0.05, 0) is 80.3 Å². The van der Waals surface area contributed by atoms with E-state index >= 15 is 0 Å². The van der Waals surface area contributed by atoms with Gasteiger partial charge in [0.15, 0.2) is 0 Å². The van der Waals surface area contributed by atoms with Crippen LogP contribution in [0.5, 0.6) is 0 Å². The number of carbonyl (C=O) groups excluding carboxylic acids is 1. The van der Waals surface area contributed by atoms with Crippen molar-refractivity contribution in [1.82, 2.24) is 4.98 Å². The van der Waals surface area contributed by atoms with Gasteiger partial charge in [0.2, 0.25) is 5.91 Å². The van der Waals surface area contributed by atoms with Crippen molar-refractivity contribution in [3.05, 3.63) is 71.8 Å². The highest BCUT2D eigenvalue weighted by molar-refractivity contribution is 6.03. The van der Waals surface area contributed by atoms with Gasteiger partial charge >= 0.3 is 6.18 Å². The standard InChI is InChI=1S/C25H24F3N3O/c1-17-4-2-3-15-31(17)23-13-8-19-16-21(11-12-22(19)30-23)29-24(32)14-7-18-5-9-20(10-6-18)25(26,27)28/h5-14,16-17H,2-4,15H2,1H3,(H,29,32)/b14-7+/t17-/m0/s1. The third kappa shape index (κ3) is 5.10. The molecule has 0 spiro atoms. The summed E-state index contributed by atoms with van der Waals surface area (Å²) in [6.45, 7) is 3.24. The average Bonchev–Trinajstić information content (AvgIpc) is 2.77. The third-order valence-electron chi connectivity index (χ3n) is 5.70. The van der Waals surface area contributed by atoms with Crippen molar-refractivity contribution in [3.63, 3.8) is 0 Å². The molecule has 1 fully saturated rings. The zero-order valence-corrected chi connectivity index (χ0v) is 17.7. The number of alkyl halides is 3. The number of fused-ring (bicyclic) bond motifs is 1. The zero-order chi connectivity index (χ0) is 22.7. The maximum absolute atomic E-state index is 12.6. The van der Waals surface area contributed by atoms with Crippen LogP contribution >= 0.6 is 0 Å². The lowest BCUT2D eigenvalue weighted by molar-refractivity contribution is -0.137. The molecule has 3 aromatic rings. The van der Waals surface area contributed by atoms with Crippen LogP contribution in [0.3, 0.4) is 0 Å². The van der Waals surface area contributed by atoms with E-state index in [1.807, 2.05) is 24.3 Å². The Morgan fingerprint density at radius 2 is 1.88 bits per heavy atom. The van der Waals surface area contributed by atoms with E-state index in [0.717, 1.165) is 35.4 Å². The van der Waals surface area contributed by atoms with Gasteiger partial charge in [0, 0.05) is 29.7 Å². The quantitative estimate of drug-likeness (QED) is 0.487. The molecule has 4 rings (SSSR count). The number of rotatable bonds is 4. The summed E-state index contributed by atoms with van der Waals surface area (Å²) in [5.41, 5.74) is 1.27. The molecule has 0 aliphatic carbocycles. The Balaban J connectivity index is 1.43. The molecule has 0 unspecified atom stereocenters. The molecule has 0 radical (unpaired) electrons. The summed E-state index contributed by atoms with van der Waals surface area (Å²) in [5.74, 6) is 0.608. The van der Waals surface area contributed by atoms with Crippen molar-refractivity contribution in [2.45, 2.75) is 38.4 Å². The number of aromatic nitrogens is 1. The van der Waals surface area contributed by atoms with Gasteiger partial charge in [-0.1, -0.05) is 12.1 Å². The molecular weight excluding hydrogens is 415 g/mol. The van der Waals surface area contributed by atoms with Gasteiger partial charge in [-0.25, -0.2) is 4.98 Å². The molecule has 1 saturated heterocycles. The second kappa shape index (κ2) is 9.02. The predicted molar refractivity (Wildman–Crippen MR) is 122 cm³/mol. The number of hydrogen-bond acceptors (Lipinski definition) is 3. The third-order valence-corrected chi connectivity index (χ3v) is 5.70. The highest BCUT2D eigenvalue weighted by Gasteiger charge is 2.29. The molecule has 1 amide bonds. The van der Waals surface area contributed by atoms with Gasteiger partial charge in [-0.15, -0.1) is 0 Å². The molecule has 1 aliphatic rings. The Morgan fingerprint density at radius 1 is 1.09 bits per heavy atom. The van der Waals surface area contributed by atoms with Gasteiger partial charge in [0.1, 0.15) is 5.82 Å². The van der Waals surface area contributed by atoms with Crippen molar-refractivity contribution in [2.75, 3.05) is 16.8 Å². The van der Waals surface area contributed by atoms with Crippen molar-refractivity contribution in [1.29, 1.82) is 0 Å². The lowest BCUT2D eigenvalue weighted by atomic mass is 10.0. The van der Waals surface area contributed by atoms with Crippen molar-refractivity contribution in [3.8, 4) is 0 Å². The minimum atomic E-state index is -4.38. The largest absolute Gasteiger partial charge is 0.416 e. The summed E-state index contributed by atoms with van der Waals surface area (Å²) in [7, 11) is 0. The Labute approximate surface area is 184 Å². The molecule has 1 N–H and O–H groups in total. The number of nitrogens with zero attached hydrogens (tertiary/aromatic N) is 2. The van der Waals surface area contributed by atoms with E-state index in [-0.39, 0.29) is 5.91 Å². The summed E-state index contributed by atoms with van der Waals surface area (Å²) in [5, 5.41) is 3.70. The number of nitrogens with one attached hydrogen (secondary N) is 1. The normalized spacial score (nSPS) is 17.1. The molecule has 166 valence electrons. The number of benzene rings is 2. The maximum Gasteiger partial charge on any atom is 0.416 e. The molecule has 2 heterocycles. The van der Waals surface area contributed by atoms with E-state index in [2.05, 4.69) is 17.1 Å². The summed E-state index contributed by atoms with van der Waals surface area (Å²) >= 11 is 0. The Hall–Kier alpha value is -3.35. The molecule has 4 nitrogen and oxygen atoms in total. The van der Waals surface area contributed by atoms with E-state index < -0.39 is 11.7 Å². The second-order valence-electron chi connectivity index (χ2n) is 8.06. The van der Waals surface area contributed by atoms with E-state index in [0.29, 0.717) is 17.3 Å². The van der Waals surface area contributed by atoms with Gasteiger partial charge in [0.25, 0.3) is 0 Å². The van der Waals surface area contributed by atoms with Crippen LogP contribution in [-0.2, 0) is 11.0 Å². The average molecular weight is 439 g/mol. The van der Waals surface area contributed by atoms with Gasteiger partial charge in [-0.2, -0.15) is 13.2 Å². The van der Waals surface area contributed by atoms with Crippen molar-refractivity contribution in [2.24, 2.45) is 0 Å². The fourth-order valence-electron chi connectivity index (χ4n) is 3.93. The van der Waals surface area contributed by atoms with Gasteiger partial charge < -0.3 is 10.2 Å². The monoisotopic (exact) mass is 439 g/mol. The van der Waals surface area contributed by atoms with E-state index in [1.54, 1.807) is 6.07 Å². The molecule has 1 atom stereocenters. The molecule has 1 aromatic heterocycles. The number of hydrogen-bond donors (Lipinski definition) is 1. The first-order valence-electron chi connectivity index (χ1n) is 10.6. The first-order chi connectivity index (χ1) is 15.3. The highest BCUT2D eigenvalue weighted by atomic mass is 19.4. The van der Waals surface area contributed by atoms with Crippen LogP contribution < -0.4 is 10.2 Å². The summed E-state index contributed by atoms with van der Waals surface area (Å²) < 4.78 is 37.9. The lowest BCUT2D eigenvalue weighted by Gasteiger charge is -2.34. The summed E-state index contributed by atoms with van der Waals surface area (Å²) in [4.78, 5) is 19.4. The minimum Gasteiger partial charge on any atom is -0.354 e. The molecule has 32 heavy (non-hydrogen) atoms. The van der Waals surface area contributed by atoms with Gasteiger partial charge in [0.05, 0.1) is 11.1 Å². The Morgan fingerprint density at radius 3 is 2.59 bits per heavy atom. The predicted octanol–water partition coefficient (Wildman–Crippen LogP) is 6.28. The summed E-state index contributed by atoms with van der Waals surface area (Å²) in [6, 6.07) is 14.7. The van der Waals surface area contributed by atoms with E-state index in [4.69, 9.17) is 4.98 Å². The lowest BCUT2D eigenvalue weighted by Crippen LogP contribution is -2.37. The number of piperidine rings is 1. The van der Waals surface area contributed by atoms with Crippen LogP contribution in [0.2, 0.25) is 0 Å². The number of amides is 1. The minimum absolute atomic E-state index is 0.365. The molecule has 0 saturated carbocycles. The van der Waals surface area contributed by atoms with Gasteiger partial charge in [-0.3, -0.25) is 4.79 Å². The first kappa shape index (κ1) is 21.9.